The fourth-order valence-corrected chi connectivity index (χ4v) is 3.85. The van der Waals surface area contributed by atoms with E-state index in [-0.39, 0.29) is 28.6 Å². The van der Waals surface area contributed by atoms with Crippen molar-refractivity contribution in [3.63, 3.8) is 0 Å². The number of furan rings is 1. The van der Waals surface area contributed by atoms with E-state index in [2.05, 4.69) is 6.07 Å². The summed E-state index contributed by atoms with van der Waals surface area (Å²) in [5, 5.41) is 11.0. The van der Waals surface area contributed by atoms with Crippen LogP contribution in [0.1, 0.15) is 64.1 Å². The van der Waals surface area contributed by atoms with Gasteiger partial charge in [0.05, 0.1) is 18.6 Å². The highest BCUT2D eigenvalue weighted by molar-refractivity contribution is 6.12. The highest BCUT2D eigenvalue weighted by Gasteiger charge is 2.26. The van der Waals surface area contributed by atoms with Crippen LogP contribution in [0.25, 0.3) is 33.2 Å². The number of aromatic nitrogens is 1. The number of benzene rings is 2. The normalized spacial score (nSPS) is 18.5. The Morgan fingerprint density at radius 3 is 2.62 bits per heavy atom. The minimum Gasteiger partial charge on any atom is -0.455 e. The largest absolute Gasteiger partial charge is 0.455 e. The van der Waals surface area contributed by atoms with Gasteiger partial charge in [0.25, 0.3) is 0 Å². The number of nitriles is 1. The molecule has 0 N–H and O–H groups in total. The van der Waals surface area contributed by atoms with Crippen LogP contribution in [-0.2, 0) is 7.05 Å². The lowest BCUT2D eigenvalue weighted by Crippen LogP contribution is -2.36. The molecule has 0 spiro atoms. The van der Waals surface area contributed by atoms with Crippen molar-refractivity contribution in [2.75, 3.05) is 0 Å². The highest BCUT2D eigenvalue weighted by Crippen LogP contribution is 2.40. The average Bonchev–Trinajstić information content (AvgIpc) is 3.16. The van der Waals surface area contributed by atoms with Crippen molar-refractivity contribution < 1.29 is 20.0 Å². The zero-order valence-electron chi connectivity index (χ0n) is 25.1. The zero-order valence-corrected chi connectivity index (χ0v) is 17.1. The summed E-state index contributed by atoms with van der Waals surface area (Å²) in [4.78, 5) is 0. The maximum Gasteiger partial charge on any atom is 0.216 e. The third-order valence-electron chi connectivity index (χ3n) is 5.62. The molecule has 0 aliphatic carbocycles. The lowest BCUT2D eigenvalue weighted by Gasteiger charge is -2.14. The molecule has 3 nitrogen and oxygen atoms in total. The Morgan fingerprint density at radius 1 is 1.17 bits per heavy atom. The molecular formula is C26H27N2O+. The molecule has 0 saturated heterocycles. The molecule has 146 valence electrons. The average molecular weight is 392 g/mol. The monoisotopic (exact) mass is 391 g/mol. The van der Waals surface area contributed by atoms with Gasteiger partial charge in [0, 0.05) is 38.9 Å². The first-order valence-corrected chi connectivity index (χ1v) is 9.35. The van der Waals surface area contributed by atoms with Crippen LogP contribution in [0.5, 0.6) is 0 Å². The number of pyridine rings is 1. The topological polar surface area (TPSA) is 40.8 Å². The number of nitrogens with zero attached hydrogens (tertiary/aromatic N) is 2. The zero-order chi connectivity index (χ0) is 27.8. The van der Waals surface area contributed by atoms with Gasteiger partial charge in [0.15, 0.2) is 5.69 Å². The molecule has 4 rings (SSSR count). The van der Waals surface area contributed by atoms with Crippen LogP contribution < -0.4 is 4.57 Å². The molecule has 0 saturated carbocycles. The van der Waals surface area contributed by atoms with E-state index in [1.807, 2.05) is 26.0 Å². The van der Waals surface area contributed by atoms with Gasteiger partial charge in [-0.25, -0.2) is 0 Å². The number of hydrogen-bond acceptors (Lipinski definition) is 2. The van der Waals surface area contributed by atoms with Gasteiger partial charge in [-0.2, -0.15) is 9.83 Å². The molecular weight excluding hydrogens is 356 g/mol. The van der Waals surface area contributed by atoms with E-state index in [1.165, 1.54) is 0 Å². The van der Waals surface area contributed by atoms with Crippen molar-refractivity contribution in [3.05, 3.63) is 63.8 Å². The van der Waals surface area contributed by atoms with Crippen LogP contribution in [0.4, 0.5) is 0 Å². The van der Waals surface area contributed by atoms with Gasteiger partial charge >= 0.3 is 0 Å². The number of aryl methyl sites for hydroxylation is 2. The Balaban J connectivity index is 2.27. The molecule has 2 aromatic carbocycles. The van der Waals surface area contributed by atoms with Crippen molar-refractivity contribution >= 4 is 21.9 Å². The molecule has 1 unspecified atom stereocenters. The Hall–Kier alpha value is -3.12. The summed E-state index contributed by atoms with van der Waals surface area (Å²) in [6, 6.07) is 9.02. The van der Waals surface area contributed by atoms with Gasteiger partial charge in [-0.15, -0.1) is 0 Å². The van der Waals surface area contributed by atoms with Crippen LogP contribution in [0.2, 0.25) is 0 Å². The Bertz CT molecular complexity index is 1640. The lowest BCUT2D eigenvalue weighted by atomic mass is 9.92. The Morgan fingerprint density at radius 2 is 1.93 bits per heavy atom. The lowest BCUT2D eigenvalue weighted by molar-refractivity contribution is -0.667. The van der Waals surface area contributed by atoms with E-state index < -0.39 is 19.6 Å². The summed E-state index contributed by atoms with van der Waals surface area (Å²) < 4.78 is 74.3. The van der Waals surface area contributed by atoms with Crippen LogP contribution in [0.15, 0.2) is 34.7 Å². The molecule has 0 fully saturated rings. The Kier molecular flexibility index (Phi) is 2.74. The second-order valence-electron chi connectivity index (χ2n) is 7.48. The minimum absolute atomic E-state index is 0.227. The maximum absolute atomic E-state index is 9.73. The second-order valence-corrected chi connectivity index (χ2v) is 7.48. The molecule has 1 atom stereocenters. The Labute approximate surface area is 183 Å². The molecule has 2 heterocycles. The van der Waals surface area contributed by atoms with Crippen LogP contribution in [-0.4, -0.2) is 0 Å². The van der Waals surface area contributed by atoms with E-state index >= 15 is 0 Å². The second kappa shape index (κ2) is 6.74. The summed E-state index contributed by atoms with van der Waals surface area (Å²) in [7, 11) is 1.62. The van der Waals surface area contributed by atoms with Gasteiger partial charge < -0.3 is 4.42 Å². The van der Waals surface area contributed by atoms with E-state index in [1.54, 1.807) is 30.7 Å². The van der Waals surface area contributed by atoms with E-state index in [4.69, 9.17) is 14.0 Å². The van der Waals surface area contributed by atoms with Crippen molar-refractivity contribution in [2.45, 2.75) is 47.3 Å². The fourth-order valence-electron chi connectivity index (χ4n) is 3.85. The third kappa shape index (κ3) is 2.75. The van der Waals surface area contributed by atoms with Crippen LogP contribution >= 0.6 is 0 Å². The molecule has 2 aromatic heterocycles. The standard InChI is InChI=1S/C26H27N2O/c1-14(2)21-12-22(28(7)18(6)17(21)5)23-15(3)9-11-20-24-19(13-27)10-8-16(4)25(24)29-26(20)23/h8-12,14H,1-7H3/q+1/i1D3,5D3,12D,14D. The smallest absolute Gasteiger partial charge is 0.216 e. The summed E-state index contributed by atoms with van der Waals surface area (Å²) in [5.74, 6) is -2.37. The predicted octanol–water partition coefficient (Wildman–Crippen LogP) is 6.31. The van der Waals surface area contributed by atoms with Gasteiger partial charge in [0.1, 0.15) is 18.2 Å². The number of hydrogen-bond donors (Lipinski definition) is 0. The van der Waals surface area contributed by atoms with Crippen molar-refractivity contribution in [1.29, 1.82) is 5.26 Å². The minimum atomic E-state index is -2.90. The SMILES string of the molecule is [2H]c1c(C([2H])(C)C([2H])([2H])[2H])c(C([2H])([2H])[2H])c(C)[n+](C)c1-c1c(C)ccc2c1oc1c(C)ccc(C#N)c12. The molecule has 29 heavy (non-hydrogen) atoms. The molecule has 3 heteroatoms. The van der Waals surface area contributed by atoms with E-state index in [0.717, 1.165) is 12.5 Å². The third-order valence-corrected chi connectivity index (χ3v) is 5.62. The number of rotatable bonds is 2. The number of fused-ring (bicyclic) bond motifs is 3. The van der Waals surface area contributed by atoms with Crippen molar-refractivity contribution in [3.8, 4) is 17.3 Å². The quantitative estimate of drug-likeness (QED) is 0.376. The van der Waals surface area contributed by atoms with Gasteiger partial charge in [-0.1, -0.05) is 32.0 Å². The van der Waals surface area contributed by atoms with Gasteiger partial charge in [-0.3, -0.25) is 0 Å². The summed E-state index contributed by atoms with van der Waals surface area (Å²) >= 11 is 0. The highest BCUT2D eigenvalue weighted by atomic mass is 16.3. The maximum atomic E-state index is 9.73. The predicted molar refractivity (Wildman–Crippen MR) is 118 cm³/mol. The van der Waals surface area contributed by atoms with Crippen LogP contribution in [0.3, 0.4) is 0 Å². The molecule has 0 aliphatic rings. The first-order chi connectivity index (χ1) is 16.9. The fraction of sp³-hybridized carbons (Fsp3) is 0.308. The van der Waals surface area contributed by atoms with Crippen molar-refractivity contribution in [1.82, 2.24) is 0 Å². The molecule has 0 amide bonds. The van der Waals surface area contributed by atoms with E-state index in [9.17, 15) is 6.63 Å². The first-order valence-electron chi connectivity index (χ1n) is 13.3. The molecule has 0 radical (unpaired) electrons. The summed E-state index contributed by atoms with van der Waals surface area (Å²) in [5.41, 5.74) is 3.16. The molecule has 0 bridgehead atoms. The molecule has 0 aliphatic heterocycles. The summed E-state index contributed by atoms with van der Waals surface area (Å²) in [6.07, 6.45) is 0. The van der Waals surface area contributed by atoms with Gasteiger partial charge in [-0.05, 0) is 49.4 Å². The summed E-state index contributed by atoms with van der Waals surface area (Å²) in [6.45, 7) is 0.710. The van der Waals surface area contributed by atoms with Crippen molar-refractivity contribution in [2.24, 2.45) is 7.05 Å². The van der Waals surface area contributed by atoms with Gasteiger partial charge in [0.2, 0.25) is 5.69 Å². The van der Waals surface area contributed by atoms with E-state index in [0.29, 0.717) is 38.6 Å². The van der Waals surface area contributed by atoms with Crippen LogP contribution in [0, 0.1) is 39.0 Å². The molecule has 4 aromatic rings. The first kappa shape index (κ1) is 11.8.